The summed E-state index contributed by atoms with van der Waals surface area (Å²) in [6.07, 6.45) is 2.31. The van der Waals surface area contributed by atoms with Gasteiger partial charge < -0.3 is 4.74 Å². The number of benzene rings is 1. The van der Waals surface area contributed by atoms with Gasteiger partial charge in [-0.2, -0.15) is 0 Å². The third kappa shape index (κ3) is 1.88. The van der Waals surface area contributed by atoms with Gasteiger partial charge in [-0.25, -0.2) is 0 Å². The van der Waals surface area contributed by atoms with Gasteiger partial charge >= 0.3 is 0 Å². The van der Waals surface area contributed by atoms with Gasteiger partial charge in [0.1, 0.15) is 5.75 Å². The van der Waals surface area contributed by atoms with Crippen LogP contribution in [0.25, 0.3) is 0 Å². The fourth-order valence-electron chi connectivity index (χ4n) is 2.94. The normalized spacial score (nSPS) is 28.5. The SMILES string of the molecule is C=C1CCC(C)(c2ccc(C)cc2OC)C1C. The van der Waals surface area contributed by atoms with E-state index < -0.39 is 0 Å². The molecule has 0 bridgehead atoms. The fraction of sp³-hybridized carbons (Fsp3) is 0.500. The first kappa shape index (κ1) is 12.2. The molecule has 1 aromatic carbocycles. The average molecular weight is 230 g/mol. The van der Waals surface area contributed by atoms with E-state index in [2.05, 4.69) is 45.5 Å². The average Bonchev–Trinajstić information content (AvgIpc) is 2.58. The van der Waals surface area contributed by atoms with Gasteiger partial charge in [-0.15, -0.1) is 0 Å². The van der Waals surface area contributed by atoms with Crippen molar-refractivity contribution in [3.63, 3.8) is 0 Å². The zero-order valence-electron chi connectivity index (χ0n) is 11.3. The van der Waals surface area contributed by atoms with Gasteiger partial charge in [0, 0.05) is 11.0 Å². The van der Waals surface area contributed by atoms with Crippen LogP contribution in [0.15, 0.2) is 30.4 Å². The Hall–Kier alpha value is -1.24. The van der Waals surface area contributed by atoms with Crippen LogP contribution in [0.3, 0.4) is 0 Å². The molecule has 0 aliphatic heterocycles. The molecule has 2 unspecified atom stereocenters. The summed E-state index contributed by atoms with van der Waals surface area (Å²) >= 11 is 0. The maximum atomic E-state index is 5.56. The minimum Gasteiger partial charge on any atom is -0.496 e. The highest BCUT2D eigenvalue weighted by molar-refractivity contribution is 5.45. The lowest BCUT2D eigenvalue weighted by atomic mass is 9.73. The highest BCUT2D eigenvalue weighted by Gasteiger charge is 2.41. The molecule has 0 heterocycles. The fourth-order valence-corrected chi connectivity index (χ4v) is 2.94. The zero-order valence-corrected chi connectivity index (χ0v) is 11.3. The summed E-state index contributed by atoms with van der Waals surface area (Å²) in [5.74, 6) is 1.55. The second-order valence-corrected chi connectivity index (χ2v) is 5.50. The highest BCUT2D eigenvalue weighted by Crippen LogP contribution is 2.50. The minimum atomic E-state index is 0.177. The van der Waals surface area contributed by atoms with Crippen LogP contribution in [-0.2, 0) is 5.41 Å². The van der Waals surface area contributed by atoms with E-state index in [-0.39, 0.29) is 5.41 Å². The molecule has 1 saturated carbocycles. The van der Waals surface area contributed by atoms with Crippen LogP contribution in [-0.4, -0.2) is 7.11 Å². The van der Waals surface area contributed by atoms with Crippen molar-refractivity contribution in [1.82, 2.24) is 0 Å². The maximum absolute atomic E-state index is 5.56. The lowest BCUT2D eigenvalue weighted by Crippen LogP contribution is -2.26. The van der Waals surface area contributed by atoms with Crippen LogP contribution in [0.5, 0.6) is 5.75 Å². The smallest absolute Gasteiger partial charge is 0.122 e. The summed E-state index contributed by atoms with van der Waals surface area (Å²) in [5, 5.41) is 0. The van der Waals surface area contributed by atoms with Crippen molar-refractivity contribution in [2.45, 2.75) is 39.0 Å². The highest BCUT2D eigenvalue weighted by atomic mass is 16.5. The van der Waals surface area contributed by atoms with Crippen LogP contribution in [0.1, 0.15) is 37.8 Å². The van der Waals surface area contributed by atoms with Gasteiger partial charge in [-0.1, -0.05) is 38.1 Å². The van der Waals surface area contributed by atoms with Crippen molar-refractivity contribution in [3.05, 3.63) is 41.5 Å². The monoisotopic (exact) mass is 230 g/mol. The quantitative estimate of drug-likeness (QED) is 0.690. The minimum absolute atomic E-state index is 0.177. The lowest BCUT2D eigenvalue weighted by Gasteiger charge is -2.31. The molecule has 0 amide bonds. The standard InChI is InChI=1S/C16H22O/c1-11-6-7-14(15(10-11)17-5)16(4)9-8-12(2)13(16)3/h6-7,10,13H,2,8-9H2,1,3-5H3. The summed E-state index contributed by atoms with van der Waals surface area (Å²) in [6, 6.07) is 6.54. The number of methoxy groups -OCH3 is 1. The molecule has 2 rings (SSSR count). The third-order valence-electron chi connectivity index (χ3n) is 4.51. The molecule has 1 fully saturated rings. The third-order valence-corrected chi connectivity index (χ3v) is 4.51. The van der Waals surface area contributed by atoms with Crippen LogP contribution in [0, 0.1) is 12.8 Å². The van der Waals surface area contributed by atoms with Gasteiger partial charge in [-0.3, -0.25) is 0 Å². The molecule has 0 N–H and O–H groups in total. The predicted octanol–water partition coefficient (Wildman–Crippen LogP) is 4.25. The lowest BCUT2D eigenvalue weighted by molar-refractivity contribution is 0.355. The number of ether oxygens (including phenoxy) is 1. The van der Waals surface area contributed by atoms with Crippen molar-refractivity contribution in [1.29, 1.82) is 0 Å². The Bertz CT molecular complexity index is 447. The topological polar surface area (TPSA) is 9.23 Å². The Balaban J connectivity index is 2.50. The molecule has 92 valence electrons. The Morgan fingerprint density at radius 3 is 2.65 bits per heavy atom. The Morgan fingerprint density at radius 2 is 2.12 bits per heavy atom. The number of allylic oxidation sites excluding steroid dienone is 1. The molecule has 1 heteroatoms. The first-order valence-corrected chi connectivity index (χ1v) is 6.32. The first-order chi connectivity index (χ1) is 7.99. The number of hydrogen-bond acceptors (Lipinski definition) is 1. The second kappa shape index (κ2) is 4.21. The molecule has 2 atom stereocenters. The van der Waals surface area contributed by atoms with Gasteiger partial charge in [0.15, 0.2) is 0 Å². The van der Waals surface area contributed by atoms with E-state index in [9.17, 15) is 0 Å². The maximum Gasteiger partial charge on any atom is 0.122 e. The first-order valence-electron chi connectivity index (χ1n) is 6.32. The molecule has 0 saturated heterocycles. The van der Waals surface area contributed by atoms with Crippen molar-refractivity contribution in [3.8, 4) is 5.75 Å². The van der Waals surface area contributed by atoms with Crippen molar-refractivity contribution in [2.24, 2.45) is 5.92 Å². The van der Waals surface area contributed by atoms with E-state index >= 15 is 0 Å². The van der Waals surface area contributed by atoms with Gasteiger partial charge in [0.25, 0.3) is 0 Å². The van der Waals surface area contributed by atoms with E-state index in [1.54, 1.807) is 7.11 Å². The number of rotatable bonds is 2. The molecule has 0 spiro atoms. The summed E-state index contributed by atoms with van der Waals surface area (Å²) in [5.41, 5.74) is 4.13. The van der Waals surface area contributed by atoms with E-state index in [1.807, 2.05) is 0 Å². The van der Waals surface area contributed by atoms with Crippen molar-refractivity contribution in [2.75, 3.05) is 7.11 Å². The van der Waals surface area contributed by atoms with Crippen LogP contribution < -0.4 is 4.74 Å². The molecule has 0 aromatic heterocycles. The molecule has 1 aliphatic carbocycles. The zero-order chi connectivity index (χ0) is 12.6. The van der Waals surface area contributed by atoms with E-state index in [0.29, 0.717) is 5.92 Å². The van der Waals surface area contributed by atoms with Crippen LogP contribution in [0.4, 0.5) is 0 Å². The van der Waals surface area contributed by atoms with Gasteiger partial charge in [-0.05, 0) is 37.3 Å². The summed E-state index contributed by atoms with van der Waals surface area (Å²) < 4.78 is 5.56. The molecule has 17 heavy (non-hydrogen) atoms. The van der Waals surface area contributed by atoms with Crippen molar-refractivity contribution < 1.29 is 4.74 Å². The van der Waals surface area contributed by atoms with Crippen LogP contribution >= 0.6 is 0 Å². The van der Waals surface area contributed by atoms with E-state index in [0.717, 1.165) is 12.2 Å². The summed E-state index contributed by atoms with van der Waals surface area (Å²) in [7, 11) is 1.76. The molecule has 1 nitrogen and oxygen atoms in total. The Kier molecular flexibility index (Phi) is 3.03. The van der Waals surface area contributed by atoms with Crippen molar-refractivity contribution >= 4 is 0 Å². The largest absolute Gasteiger partial charge is 0.496 e. The van der Waals surface area contributed by atoms with Crippen LogP contribution in [0.2, 0.25) is 0 Å². The second-order valence-electron chi connectivity index (χ2n) is 5.50. The van der Waals surface area contributed by atoms with E-state index in [1.165, 1.54) is 23.1 Å². The molecule has 1 aliphatic rings. The van der Waals surface area contributed by atoms with Gasteiger partial charge in [0.05, 0.1) is 7.11 Å². The number of hydrogen-bond donors (Lipinski definition) is 0. The van der Waals surface area contributed by atoms with E-state index in [4.69, 9.17) is 4.74 Å². The summed E-state index contributed by atoms with van der Waals surface area (Å²) in [6.45, 7) is 10.9. The molecular weight excluding hydrogens is 208 g/mol. The number of aryl methyl sites for hydroxylation is 1. The Morgan fingerprint density at radius 1 is 1.41 bits per heavy atom. The Labute approximate surface area is 104 Å². The predicted molar refractivity (Wildman–Crippen MR) is 72.6 cm³/mol. The molecule has 0 radical (unpaired) electrons. The molecular formula is C16H22O. The molecule has 1 aromatic rings. The van der Waals surface area contributed by atoms with Gasteiger partial charge in [0.2, 0.25) is 0 Å². The summed E-state index contributed by atoms with van der Waals surface area (Å²) in [4.78, 5) is 0.